The molecule has 9 nitrogen and oxygen atoms in total. The Kier molecular flexibility index (Phi) is 12.9. The normalized spacial score (nSPS) is 16.9. The molecule has 0 bridgehead atoms. The molecule has 234 valence electrons. The van der Waals surface area contributed by atoms with Crippen LogP contribution in [-0.4, -0.2) is 98.6 Å². The zero-order valence-corrected chi connectivity index (χ0v) is 25.9. The number of nitrogens with zero attached hydrogens (tertiary/aromatic N) is 3. The standard InChI is InChI=1S/C34H49N5O4/c1-35-33(41)28-16-21-38(22-17-28)20-10-4-7-15-32(40)37(2)25-26-39-23-18-29(19-24-39)43-34(42)36-31-14-9-8-13-30(31)27-11-5-3-6-12-27/h3,5-6,8-9,11-14,28-29H,4,7,10,15-26H2,1-2H3,(H,35,41)(H,36,42). The Morgan fingerprint density at radius 3 is 2.21 bits per heavy atom. The van der Waals surface area contributed by atoms with Gasteiger partial charge in [-0.05, 0) is 69.8 Å². The third-order valence-corrected chi connectivity index (χ3v) is 8.80. The van der Waals surface area contributed by atoms with Crippen molar-refractivity contribution in [3.05, 3.63) is 54.6 Å². The number of likely N-dealkylation sites (tertiary alicyclic amines) is 2. The van der Waals surface area contributed by atoms with Crippen LogP contribution in [0.5, 0.6) is 0 Å². The molecule has 0 aliphatic carbocycles. The Bertz CT molecular complexity index is 1160. The van der Waals surface area contributed by atoms with Crippen LogP contribution < -0.4 is 10.6 Å². The van der Waals surface area contributed by atoms with Crippen LogP contribution in [0.15, 0.2) is 54.6 Å². The maximum Gasteiger partial charge on any atom is 0.411 e. The summed E-state index contributed by atoms with van der Waals surface area (Å²) in [6.45, 7) is 6.26. The van der Waals surface area contributed by atoms with Crippen molar-refractivity contribution in [2.45, 2.75) is 57.5 Å². The monoisotopic (exact) mass is 591 g/mol. The number of amides is 3. The van der Waals surface area contributed by atoms with E-state index in [4.69, 9.17) is 4.74 Å². The van der Waals surface area contributed by atoms with Gasteiger partial charge in [-0.3, -0.25) is 14.9 Å². The first-order valence-electron chi connectivity index (χ1n) is 15.9. The molecular weight excluding hydrogens is 542 g/mol. The molecule has 0 spiro atoms. The minimum atomic E-state index is -0.419. The van der Waals surface area contributed by atoms with Crippen molar-refractivity contribution in [2.24, 2.45) is 5.92 Å². The first kappa shape index (κ1) is 32.5. The van der Waals surface area contributed by atoms with Crippen molar-refractivity contribution in [3.8, 4) is 11.1 Å². The van der Waals surface area contributed by atoms with Gasteiger partial charge in [0.05, 0.1) is 5.69 Å². The Labute approximate surface area is 256 Å². The lowest BCUT2D eigenvalue weighted by atomic mass is 9.96. The number of piperidine rings is 2. The molecule has 2 N–H and O–H groups in total. The van der Waals surface area contributed by atoms with Crippen LogP contribution in [0.1, 0.15) is 51.4 Å². The van der Waals surface area contributed by atoms with Gasteiger partial charge in [-0.1, -0.05) is 55.0 Å². The summed E-state index contributed by atoms with van der Waals surface area (Å²) >= 11 is 0. The number of likely N-dealkylation sites (N-methyl/N-ethyl adjacent to an activating group) is 1. The van der Waals surface area contributed by atoms with E-state index in [0.717, 1.165) is 101 Å². The number of hydrogen-bond donors (Lipinski definition) is 2. The number of ether oxygens (including phenoxy) is 1. The topological polar surface area (TPSA) is 94.2 Å². The quantitative estimate of drug-likeness (QED) is 0.324. The van der Waals surface area contributed by atoms with Crippen LogP contribution in [0, 0.1) is 5.92 Å². The van der Waals surface area contributed by atoms with Crippen LogP contribution in [0.2, 0.25) is 0 Å². The SMILES string of the molecule is CNC(=O)C1CCN(CCCCCC(=O)N(C)CCN2CCC(OC(=O)Nc3ccccc3-c3ccccc3)CC2)CC1. The lowest BCUT2D eigenvalue weighted by Gasteiger charge is -2.32. The molecule has 0 saturated carbocycles. The second-order valence-electron chi connectivity index (χ2n) is 11.8. The third-order valence-electron chi connectivity index (χ3n) is 8.80. The van der Waals surface area contributed by atoms with Crippen LogP contribution in [-0.2, 0) is 14.3 Å². The number of benzene rings is 2. The first-order chi connectivity index (χ1) is 20.9. The number of rotatable bonds is 13. The lowest BCUT2D eigenvalue weighted by Crippen LogP contribution is -2.42. The van der Waals surface area contributed by atoms with Gasteiger partial charge in [0.1, 0.15) is 6.10 Å². The summed E-state index contributed by atoms with van der Waals surface area (Å²) in [6.07, 6.45) is 6.57. The minimum absolute atomic E-state index is 0.110. The summed E-state index contributed by atoms with van der Waals surface area (Å²) in [7, 11) is 3.61. The number of hydrogen-bond acceptors (Lipinski definition) is 6. The van der Waals surface area contributed by atoms with Crippen molar-refractivity contribution in [2.75, 3.05) is 65.2 Å². The zero-order chi connectivity index (χ0) is 30.4. The van der Waals surface area contributed by atoms with Crippen molar-refractivity contribution >= 4 is 23.6 Å². The van der Waals surface area contributed by atoms with Gasteiger partial charge in [-0.15, -0.1) is 0 Å². The Morgan fingerprint density at radius 2 is 1.49 bits per heavy atom. The molecular formula is C34H49N5O4. The number of anilines is 1. The number of nitrogens with one attached hydrogen (secondary N) is 2. The van der Waals surface area contributed by atoms with Gasteiger partial charge in [0.25, 0.3) is 0 Å². The van der Waals surface area contributed by atoms with E-state index < -0.39 is 6.09 Å². The molecule has 2 aliphatic rings. The number of para-hydroxylation sites is 1. The maximum atomic E-state index is 12.7. The van der Waals surface area contributed by atoms with E-state index in [1.54, 1.807) is 7.05 Å². The molecule has 2 aromatic carbocycles. The van der Waals surface area contributed by atoms with Crippen molar-refractivity contribution < 1.29 is 19.1 Å². The summed E-state index contributed by atoms with van der Waals surface area (Å²) in [5.74, 6) is 0.536. The molecule has 0 atom stereocenters. The molecule has 2 aromatic rings. The smallest absolute Gasteiger partial charge is 0.411 e. The molecule has 0 radical (unpaired) electrons. The highest BCUT2D eigenvalue weighted by Gasteiger charge is 2.25. The fourth-order valence-electron chi connectivity index (χ4n) is 6.02. The average Bonchev–Trinajstić information content (AvgIpc) is 3.04. The number of carbonyl (C=O) groups excluding carboxylic acids is 3. The summed E-state index contributed by atoms with van der Waals surface area (Å²) < 4.78 is 5.76. The Balaban J connectivity index is 1.05. The van der Waals surface area contributed by atoms with Crippen LogP contribution in [0.4, 0.5) is 10.5 Å². The van der Waals surface area contributed by atoms with Crippen molar-refractivity contribution in [3.63, 3.8) is 0 Å². The van der Waals surface area contributed by atoms with E-state index in [0.29, 0.717) is 13.0 Å². The average molecular weight is 592 g/mol. The lowest BCUT2D eigenvalue weighted by molar-refractivity contribution is -0.130. The second-order valence-corrected chi connectivity index (χ2v) is 11.8. The van der Waals surface area contributed by atoms with E-state index >= 15 is 0 Å². The predicted octanol–water partition coefficient (Wildman–Crippen LogP) is 4.84. The fourth-order valence-corrected chi connectivity index (χ4v) is 6.02. The van der Waals surface area contributed by atoms with E-state index in [9.17, 15) is 14.4 Å². The summed E-state index contributed by atoms with van der Waals surface area (Å²) in [5, 5.41) is 5.70. The molecule has 4 rings (SSSR count). The highest BCUT2D eigenvalue weighted by molar-refractivity contribution is 5.91. The van der Waals surface area contributed by atoms with Crippen molar-refractivity contribution in [1.82, 2.24) is 20.0 Å². The molecule has 2 fully saturated rings. The maximum absolute atomic E-state index is 12.7. The Hall–Kier alpha value is -3.43. The number of carbonyl (C=O) groups is 3. The molecule has 2 heterocycles. The van der Waals surface area contributed by atoms with Gasteiger partial charge >= 0.3 is 6.09 Å². The third kappa shape index (κ3) is 10.4. The van der Waals surface area contributed by atoms with E-state index in [-0.39, 0.29) is 23.8 Å². The highest BCUT2D eigenvalue weighted by Crippen LogP contribution is 2.28. The van der Waals surface area contributed by atoms with E-state index in [2.05, 4.69) is 20.4 Å². The van der Waals surface area contributed by atoms with Crippen molar-refractivity contribution in [1.29, 1.82) is 0 Å². The Morgan fingerprint density at radius 1 is 0.837 bits per heavy atom. The minimum Gasteiger partial charge on any atom is -0.446 e. The van der Waals surface area contributed by atoms with E-state index in [1.807, 2.05) is 66.5 Å². The van der Waals surface area contributed by atoms with Gasteiger partial charge in [0.15, 0.2) is 0 Å². The molecule has 3 amide bonds. The molecule has 0 unspecified atom stereocenters. The van der Waals surface area contributed by atoms with Crippen LogP contribution in [0.3, 0.4) is 0 Å². The van der Waals surface area contributed by atoms with E-state index in [1.165, 1.54) is 0 Å². The van der Waals surface area contributed by atoms with Crippen LogP contribution >= 0.6 is 0 Å². The van der Waals surface area contributed by atoms with Gasteiger partial charge in [-0.2, -0.15) is 0 Å². The summed E-state index contributed by atoms with van der Waals surface area (Å²) in [5.41, 5.74) is 2.74. The van der Waals surface area contributed by atoms with Gasteiger partial charge in [-0.25, -0.2) is 4.79 Å². The summed E-state index contributed by atoms with van der Waals surface area (Å²) in [6, 6.07) is 17.7. The zero-order valence-electron chi connectivity index (χ0n) is 25.9. The highest BCUT2D eigenvalue weighted by atomic mass is 16.6. The fraction of sp³-hybridized carbons (Fsp3) is 0.559. The molecule has 9 heteroatoms. The molecule has 2 saturated heterocycles. The van der Waals surface area contributed by atoms with Gasteiger partial charge < -0.3 is 24.8 Å². The second kappa shape index (κ2) is 17.0. The molecule has 43 heavy (non-hydrogen) atoms. The molecule has 0 aromatic heterocycles. The van der Waals surface area contributed by atoms with Gasteiger partial charge in [0, 0.05) is 58.2 Å². The largest absolute Gasteiger partial charge is 0.446 e. The van der Waals surface area contributed by atoms with Gasteiger partial charge in [0.2, 0.25) is 11.8 Å². The van der Waals surface area contributed by atoms with Crippen LogP contribution in [0.25, 0.3) is 11.1 Å². The first-order valence-corrected chi connectivity index (χ1v) is 15.9. The predicted molar refractivity (Wildman–Crippen MR) is 171 cm³/mol. The molecule has 2 aliphatic heterocycles. The summed E-state index contributed by atoms with van der Waals surface area (Å²) in [4.78, 5) is 43.7. The number of unbranched alkanes of at least 4 members (excludes halogenated alkanes) is 2.